The Kier molecular flexibility index (Phi) is 5.30. The van der Waals surface area contributed by atoms with E-state index >= 15 is 0 Å². The van der Waals surface area contributed by atoms with Crippen LogP contribution < -0.4 is 4.74 Å². The molecule has 1 atom stereocenters. The molecule has 1 saturated heterocycles. The first kappa shape index (κ1) is 17.8. The molecule has 1 aromatic carbocycles. The van der Waals surface area contributed by atoms with Crippen molar-refractivity contribution in [3.63, 3.8) is 0 Å². The number of rotatable bonds is 6. The van der Waals surface area contributed by atoms with Crippen LogP contribution in [0.5, 0.6) is 5.75 Å². The molecule has 0 N–H and O–H groups in total. The number of ether oxygens (including phenoxy) is 1. The fraction of sp³-hybridized carbons (Fsp3) is 0.438. The van der Waals surface area contributed by atoms with Gasteiger partial charge in [0, 0.05) is 18.7 Å². The molecule has 0 saturated carbocycles. The zero-order valence-electron chi connectivity index (χ0n) is 13.8. The standard InChI is InChI=1S/C16H18N4O3S2/c1-20-15(13-6-9-25(21,22)11-13)18-19-16(20)24-8-7-23-14-4-2-12(10-17)3-5-14/h2-5,13H,6-9,11H2,1H3. The number of nitrogens with zero attached hydrogens (tertiary/aromatic N) is 4. The minimum Gasteiger partial charge on any atom is -0.493 e. The zero-order chi connectivity index (χ0) is 17.9. The van der Waals surface area contributed by atoms with Crippen LogP contribution in [0.15, 0.2) is 29.4 Å². The number of thioether (sulfide) groups is 1. The van der Waals surface area contributed by atoms with E-state index in [1.165, 1.54) is 11.8 Å². The molecule has 7 nitrogen and oxygen atoms in total. The van der Waals surface area contributed by atoms with Gasteiger partial charge in [-0.2, -0.15) is 5.26 Å². The van der Waals surface area contributed by atoms with Gasteiger partial charge in [-0.05, 0) is 30.7 Å². The number of sulfone groups is 1. The van der Waals surface area contributed by atoms with E-state index in [2.05, 4.69) is 16.3 Å². The van der Waals surface area contributed by atoms with E-state index in [0.29, 0.717) is 24.3 Å². The van der Waals surface area contributed by atoms with Crippen molar-refractivity contribution < 1.29 is 13.2 Å². The van der Waals surface area contributed by atoms with Gasteiger partial charge in [-0.15, -0.1) is 10.2 Å². The monoisotopic (exact) mass is 378 g/mol. The Morgan fingerprint density at radius 3 is 2.76 bits per heavy atom. The second-order valence-electron chi connectivity index (χ2n) is 5.83. The predicted molar refractivity (Wildman–Crippen MR) is 94.4 cm³/mol. The van der Waals surface area contributed by atoms with E-state index < -0.39 is 9.84 Å². The summed E-state index contributed by atoms with van der Waals surface area (Å²) in [6.07, 6.45) is 0.612. The van der Waals surface area contributed by atoms with Crippen molar-refractivity contribution >= 4 is 21.6 Å². The molecule has 1 fully saturated rings. The number of hydrogen-bond acceptors (Lipinski definition) is 7. The largest absolute Gasteiger partial charge is 0.493 e. The van der Waals surface area contributed by atoms with Crippen molar-refractivity contribution in [2.24, 2.45) is 7.05 Å². The highest BCUT2D eigenvalue weighted by Crippen LogP contribution is 2.29. The minimum atomic E-state index is -2.94. The van der Waals surface area contributed by atoms with Crippen LogP contribution >= 0.6 is 11.8 Å². The smallest absolute Gasteiger partial charge is 0.191 e. The lowest BCUT2D eigenvalue weighted by molar-refractivity contribution is 0.344. The summed E-state index contributed by atoms with van der Waals surface area (Å²) in [5.74, 6) is 2.46. The summed E-state index contributed by atoms with van der Waals surface area (Å²) in [5, 5.41) is 17.9. The third-order valence-corrected chi connectivity index (χ3v) is 6.79. The molecule has 2 aromatic rings. The van der Waals surface area contributed by atoms with Gasteiger partial charge >= 0.3 is 0 Å². The lowest BCUT2D eigenvalue weighted by Gasteiger charge is -2.08. The van der Waals surface area contributed by atoms with Gasteiger partial charge < -0.3 is 9.30 Å². The van der Waals surface area contributed by atoms with Crippen molar-refractivity contribution in [2.45, 2.75) is 17.5 Å². The highest BCUT2D eigenvalue weighted by Gasteiger charge is 2.32. The molecule has 2 heterocycles. The van der Waals surface area contributed by atoms with Gasteiger partial charge in [0.05, 0.1) is 29.7 Å². The lowest BCUT2D eigenvalue weighted by atomic mass is 10.1. The second-order valence-corrected chi connectivity index (χ2v) is 9.12. The van der Waals surface area contributed by atoms with Crippen molar-refractivity contribution in [3.05, 3.63) is 35.7 Å². The minimum absolute atomic E-state index is 0.0632. The Morgan fingerprint density at radius 1 is 1.36 bits per heavy atom. The number of nitriles is 1. The van der Waals surface area contributed by atoms with Gasteiger partial charge in [-0.25, -0.2) is 8.42 Å². The second kappa shape index (κ2) is 7.45. The van der Waals surface area contributed by atoms with Crippen LogP contribution in [0, 0.1) is 11.3 Å². The summed E-state index contributed by atoms with van der Waals surface area (Å²) in [5.41, 5.74) is 0.599. The van der Waals surface area contributed by atoms with E-state index in [9.17, 15) is 8.42 Å². The maximum absolute atomic E-state index is 11.6. The fourth-order valence-electron chi connectivity index (χ4n) is 2.72. The topological polar surface area (TPSA) is 97.9 Å². The van der Waals surface area contributed by atoms with E-state index in [1.54, 1.807) is 24.3 Å². The van der Waals surface area contributed by atoms with Gasteiger partial charge in [0.15, 0.2) is 15.0 Å². The highest BCUT2D eigenvalue weighted by atomic mass is 32.2. The molecule has 132 valence electrons. The van der Waals surface area contributed by atoms with Crippen LogP contribution in [-0.2, 0) is 16.9 Å². The SMILES string of the molecule is Cn1c(SCCOc2ccc(C#N)cc2)nnc1C1CCS(=O)(=O)C1. The summed E-state index contributed by atoms with van der Waals surface area (Å²) in [6, 6.07) is 9.03. The molecular weight excluding hydrogens is 360 g/mol. The maximum Gasteiger partial charge on any atom is 0.191 e. The zero-order valence-corrected chi connectivity index (χ0v) is 15.4. The van der Waals surface area contributed by atoms with Crippen LogP contribution in [0.2, 0.25) is 0 Å². The van der Waals surface area contributed by atoms with Crippen LogP contribution in [-0.4, -0.2) is 47.0 Å². The Hall–Kier alpha value is -2.05. The van der Waals surface area contributed by atoms with Gasteiger partial charge in [0.1, 0.15) is 11.6 Å². The molecule has 1 aliphatic heterocycles. The quantitative estimate of drug-likeness (QED) is 0.558. The third kappa shape index (κ3) is 4.32. The van der Waals surface area contributed by atoms with Crippen LogP contribution in [0.1, 0.15) is 23.7 Å². The number of aromatic nitrogens is 3. The molecule has 0 amide bonds. The Labute approximate surface area is 150 Å². The van der Waals surface area contributed by atoms with Crippen LogP contribution in [0.4, 0.5) is 0 Å². The van der Waals surface area contributed by atoms with Gasteiger partial charge in [0.2, 0.25) is 0 Å². The van der Waals surface area contributed by atoms with E-state index in [1.807, 2.05) is 11.6 Å². The van der Waals surface area contributed by atoms with Gasteiger partial charge in [-0.1, -0.05) is 11.8 Å². The fourth-order valence-corrected chi connectivity index (χ4v) is 5.20. The summed E-state index contributed by atoms with van der Waals surface area (Å²) >= 11 is 1.52. The molecule has 0 radical (unpaired) electrons. The highest BCUT2D eigenvalue weighted by molar-refractivity contribution is 7.99. The molecule has 1 aromatic heterocycles. The van der Waals surface area contributed by atoms with Crippen molar-refractivity contribution in [2.75, 3.05) is 23.9 Å². The number of hydrogen-bond donors (Lipinski definition) is 0. The van der Waals surface area contributed by atoms with Crippen LogP contribution in [0.25, 0.3) is 0 Å². The Balaban J connectivity index is 1.51. The lowest BCUT2D eigenvalue weighted by Crippen LogP contribution is -2.09. The van der Waals surface area contributed by atoms with Crippen molar-refractivity contribution in [1.29, 1.82) is 5.26 Å². The Bertz CT molecular complexity index is 885. The average Bonchev–Trinajstić information content (AvgIpc) is 3.14. The average molecular weight is 378 g/mol. The van der Waals surface area contributed by atoms with E-state index in [4.69, 9.17) is 10.00 Å². The van der Waals surface area contributed by atoms with Crippen molar-refractivity contribution in [3.8, 4) is 11.8 Å². The molecule has 0 aliphatic carbocycles. The van der Waals surface area contributed by atoms with E-state index in [0.717, 1.165) is 16.7 Å². The summed E-state index contributed by atoms with van der Waals surface area (Å²) in [7, 11) is -1.07. The van der Waals surface area contributed by atoms with Gasteiger partial charge in [-0.3, -0.25) is 0 Å². The maximum atomic E-state index is 11.6. The normalized spacial score (nSPS) is 18.8. The number of benzene rings is 1. The Morgan fingerprint density at radius 2 is 2.12 bits per heavy atom. The summed E-state index contributed by atoms with van der Waals surface area (Å²) < 4.78 is 30.7. The summed E-state index contributed by atoms with van der Waals surface area (Å²) in [4.78, 5) is 0. The molecule has 1 aliphatic rings. The first-order chi connectivity index (χ1) is 12.0. The molecule has 0 spiro atoms. The molecule has 0 bridgehead atoms. The third-order valence-electron chi connectivity index (χ3n) is 4.03. The van der Waals surface area contributed by atoms with Crippen molar-refractivity contribution in [1.82, 2.24) is 14.8 Å². The van der Waals surface area contributed by atoms with Crippen LogP contribution in [0.3, 0.4) is 0 Å². The molecular formula is C16H18N4O3S2. The molecule has 3 rings (SSSR count). The molecule has 9 heteroatoms. The predicted octanol–water partition coefficient (Wildman–Crippen LogP) is 1.76. The summed E-state index contributed by atoms with van der Waals surface area (Å²) in [6.45, 7) is 0.497. The van der Waals surface area contributed by atoms with E-state index in [-0.39, 0.29) is 17.4 Å². The first-order valence-electron chi connectivity index (χ1n) is 7.84. The first-order valence-corrected chi connectivity index (χ1v) is 10.6. The van der Waals surface area contributed by atoms with Gasteiger partial charge in [0.25, 0.3) is 0 Å². The molecule has 1 unspecified atom stereocenters. The molecule has 25 heavy (non-hydrogen) atoms.